The molecular weight excluding hydrogens is 288 g/mol. The number of thiazole rings is 1. The van der Waals surface area contributed by atoms with Crippen molar-refractivity contribution in [2.45, 2.75) is 13.1 Å². The van der Waals surface area contributed by atoms with Gasteiger partial charge in [0.1, 0.15) is 6.54 Å². The number of carbonyl (C=O) groups is 1. The largest absolute Gasteiger partial charge is 0.314 e. The third kappa shape index (κ3) is 3.23. The van der Waals surface area contributed by atoms with Gasteiger partial charge in [0.2, 0.25) is 5.91 Å². The number of rotatable bonds is 5. The van der Waals surface area contributed by atoms with Crippen LogP contribution in [0.3, 0.4) is 0 Å². The zero-order valence-corrected chi connectivity index (χ0v) is 12.2. The average molecular weight is 302 g/mol. The average Bonchev–Trinajstić information content (AvgIpc) is 3.05. The Kier molecular flexibility index (Phi) is 3.89. The number of amides is 1. The van der Waals surface area contributed by atoms with Crippen LogP contribution in [0, 0.1) is 0 Å². The number of anilines is 1. The molecule has 0 aliphatic carbocycles. The van der Waals surface area contributed by atoms with Crippen molar-refractivity contribution >= 4 is 32.6 Å². The van der Waals surface area contributed by atoms with Crippen molar-refractivity contribution < 1.29 is 4.79 Å². The van der Waals surface area contributed by atoms with Gasteiger partial charge >= 0.3 is 0 Å². The van der Waals surface area contributed by atoms with Crippen LogP contribution in [-0.2, 0) is 17.9 Å². The second-order valence-corrected chi connectivity index (χ2v) is 5.50. The highest BCUT2D eigenvalue weighted by Crippen LogP contribution is 2.25. The monoisotopic (exact) mass is 302 g/mol. The van der Waals surface area contributed by atoms with E-state index >= 15 is 0 Å². The first-order valence-corrected chi connectivity index (χ1v) is 7.25. The van der Waals surface area contributed by atoms with E-state index in [4.69, 9.17) is 0 Å². The van der Waals surface area contributed by atoms with Crippen LogP contribution in [0.1, 0.15) is 5.69 Å². The summed E-state index contributed by atoms with van der Waals surface area (Å²) in [6, 6.07) is 7.77. The van der Waals surface area contributed by atoms with Crippen LogP contribution in [0.5, 0.6) is 0 Å². The van der Waals surface area contributed by atoms with Gasteiger partial charge < -0.3 is 10.6 Å². The molecule has 0 saturated heterocycles. The maximum absolute atomic E-state index is 12.0. The summed E-state index contributed by atoms with van der Waals surface area (Å²) < 4.78 is 2.56. The fraction of sp³-hybridized carbons (Fsp3) is 0.231. The predicted molar refractivity (Wildman–Crippen MR) is 81.0 cm³/mol. The molecule has 1 amide bonds. The van der Waals surface area contributed by atoms with E-state index in [0.717, 1.165) is 15.9 Å². The third-order valence-electron chi connectivity index (χ3n) is 2.79. The van der Waals surface area contributed by atoms with Crippen molar-refractivity contribution in [3.05, 3.63) is 36.2 Å². The maximum atomic E-state index is 12.0. The van der Waals surface area contributed by atoms with E-state index in [-0.39, 0.29) is 12.5 Å². The maximum Gasteiger partial charge on any atom is 0.247 e. The molecule has 2 aromatic heterocycles. The molecule has 1 aromatic carbocycles. The molecule has 0 fully saturated rings. The van der Waals surface area contributed by atoms with E-state index in [1.54, 1.807) is 6.20 Å². The summed E-state index contributed by atoms with van der Waals surface area (Å²) in [5.74, 6) is -0.171. The van der Waals surface area contributed by atoms with E-state index in [1.165, 1.54) is 16.0 Å². The van der Waals surface area contributed by atoms with Gasteiger partial charge in [0.05, 0.1) is 22.1 Å². The number of para-hydroxylation sites is 1. The Hall–Kier alpha value is -2.32. The summed E-state index contributed by atoms with van der Waals surface area (Å²) in [6.07, 6.45) is 1.74. The van der Waals surface area contributed by atoms with Gasteiger partial charge in [-0.3, -0.25) is 4.79 Å². The Bertz CT molecular complexity index is 732. The Morgan fingerprint density at radius 2 is 2.24 bits per heavy atom. The van der Waals surface area contributed by atoms with Crippen LogP contribution in [0.2, 0.25) is 0 Å². The number of nitrogens with zero attached hydrogens (tertiary/aromatic N) is 4. The Labute approximate surface area is 125 Å². The number of hydrogen-bond acceptors (Lipinski definition) is 6. The molecule has 0 radical (unpaired) electrons. The molecule has 0 atom stereocenters. The van der Waals surface area contributed by atoms with Crippen LogP contribution in [0.4, 0.5) is 5.13 Å². The number of nitrogens with one attached hydrogen (secondary N) is 2. The summed E-state index contributed by atoms with van der Waals surface area (Å²) >= 11 is 1.45. The lowest BCUT2D eigenvalue weighted by Crippen LogP contribution is -2.19. The van der Waals surface area contributed by atoms with Gasteiger partial charge in [0.25, 0.3) is 0 Å². The fourth-order valence-corrected chi connectivity index (χ4v) is 2.79. The zero-order chi connectivity index (χ0) is 14.7. The zero-order valence-electron chi connectivity index (χ0n) is 11.4. The first-order chi connectivity index (χ1) is 10.2. The molecule has 0 unspecified atom stereocenters. The van der Waals surface area contributed by atoms with Crippen LogP contribution in [0.25, 0.3) is 10.2 Å². The number of carbonyl (C=O) groups excluding carboxylic acids is 1. The number of fused-ring (bicyclic) bond motifs is 1. The molecule has 8 heteroatoms. The molecule has 2 heterocycles. The molecule has 108 valence electrons. The number of benzene rings is 1. The van der Waals surface area contributed by atoms with Crippen molar-refractivity contribution in [2.75, 3.05) is 12.4 Å². The van der Waals surface area contributed by atoms with Crippen LogP contribution in [-0.4, -0.2) is 32.9 Å². The predicted octanol–water partition coefficient (Wildman–Crippen LogP) is 1.25. The molecule has 2 N–H and O–H groups in total. The van der Waals surface area contributed by atoms with Crippen LogP contribution >= 0.6 is 11.3 Å². The Morgan fingerprint density at radius 3 is 3.05 bits per heavy atom. The molecule has 0 saturated carbocycles. The SMILES string of the molecule is CNCc1cn(CC(=O)Nc2nc3ccccc3s2)nn1. The van der Waals surface area contributed by atoms with Gasteiger partial charge in [0, 0.05) is 6.54 Å². The summed E-state index contributed by atoms with van der Waals surface area (Å²) in [5, 5.41) is 14.2. The smallest absolute Gasteiger partial charge is 0.247 e. The Balaban J connectivity index is 1.65. The van der Waals surface area contributed by atoms with E-state index in [1.807, 2.05) is 31.3 Å². The van der Waals surface area contributed by atoms with Gasteiger partial charge in [-0.2, -0.15) is 0 Å². The van der Waals surface area contributed by atoms with E-state index in [0.29, 0.717) is 11.7 Å². The minimum Gasteiger partial charge on any atom is -0.314 e. The second kappa shape index (κ2) is 5.98. The summed E-state index contributed by atoms with van der Waals surface area (Å²) in [5.41, 5.74) is 1.68. The minimum absolute atomic E-state index is 0.118. The van der Waals surface area contributed by atoms with Gasteiger partial charge in [-0.15, -0.1) is 5.10 Å². The van der Waals surface area contributed by atoms with Gasteiger partial charge in [-0.05, 0) is 19.2 Å². The second-order valence-electron chi connectivity index (χ2n) is 4.47. The minimum atomic E-state index is -0.171. The van der Waals surface area contributed by atoms with Crippen molar-refractivity contribution in [1.29, 1.82) is 0 Å². The van der Waals surface area contributed by atoms with E-state index < -0.39 is 0 Å². The number of aromatic nitrogens is 4. The summed E-state index contributed by atoms with van der Waals surface area (Å²) in [4.78, 5) is 16.3. The van der Waals surface area contributed by atoms with E-state index in [2.05, 4.69) is 25.9 Å². The first-order valence-electron chi connectivity index (χ1n) is 6.43. The van der Waals surface area contributed by atoms with Crippen molar-refractivity contribution in [1.82, 2.24) is 25.3 Å². The van der Waals surface area contributed by atoms with Gasteiger partial charge in [-0.1, -0.05) is 28.7 Å². The molecule has 21 heavy (non-hydrogen) atoms. The summed E-state index contributed by atoms with van der Waals surface area (Å²) in [6.45, 7) is 0.742. The lowest BCUT2D eigenvalue weighted by Gasteiger charge is -2.00. The van der Waals surface area contributed by atoms with Crippen LogP contribution in [0.15, 0.2) is 30.5 Å². The molecular formula is C13H14N6OS. The molecule has 0 bridgehead atoms. The fourth-order valence-electron chi connectivity index (χ4n) is 1.91. The molecule has 0 spiro atoms. The normalized spacial score (nSPS) is 10.9. The topological polar surface area (TPSA) is 84.7 Å². The molecule has 0 aliphatic heterocycles. The van der Waals surface area contributed by atoms with E-state index in [9.17, 15) is 4.79 Å². The van der Waals surface area contributed by atoms with Gasteiger partial charge in [0.15, 0.2) is 5.13 Å². The molecule has 7 nitrogen and oxygen atoms in total. The standard InChI is InChI=1S/C13H14N6OS/c1-14-6-9-7-19(18-17-9)8-12(20)16-13-15-10-4-2-3-5-11(10)21-13/h2-5,7,14H,6,8H2,1H3,(H,15,16,20). The van der Waals surface area contributed by atoms with Crippen molar-refractivity contribution in [3.8, 4) is 0 Å². The third-order valence-corrected chi connectivity index (χ3v) is 3.74. The van der Waals surface area contributed by atoms with Crippen molar-refractivity contribution in [3.63, 3.8) is 0 Å². The van der Waals surface area contributed by atoms with Gasteiger partial charge in [-0.25, -0.2) is 9.67 Å². The Morgan fingerprint density at radius 1 is 1.38 bits per heavy atom. The highest BCUT2D eigenvalue weighted by Gasteiger charge is 2.09. The highest BCUT2D eigenvalue weighted by molar-refractivity contribution is 7.22. The summed E-state index contributed by atoms with van der Waals surface area (Å²) in [7, 11) is 1.83. The molecule has 3 aromatic rings. The van der Waals surface area contributed by atoms with Crippen molar-refractivity contribution in [2.24, 2.45) is 0 Å². The lowest BCUT2D eigenvalue weighted by atomic mass is 10.3. The van der Waals surface area contributed by atoms with Crippen LogP contribution < -0.4 is 10.6 Å². The lowest BCUT2D eigenvalue weighted by molar-refractivity contribution is -0.116. The molecule has 0 aliphatic rings. The molecule has 3 rings (SSSR count). The highest BCUT2D eigenvalue weighted by atomic mass is 32.1. The quantitative estimate of drug-likeness (QED) is 0.741. The number of hydrogen-bond donors (Lipinski definition) is 2. The first kappa shape index (κ1) is 13.7.